The molecule has 10 heteroatoms. The standard InChI is InChI=1S/C11H15F3N4O2S/c1-6(19)7-3-2-4-18(5-7)10(20)15-9-17-16-8(21-9)11(12,13)14/h6-7,19H,2-5H2,1H3,(H,15,17,20). The molecule has 2 heterocycles. The van der Waals surface area contributed by atoms with E-state index in [1.165, 1.54) is 4.90 Å². The number of rotatable bonds is 2. The Bertz CT molecular complexity index is 506. The summed E-state index contributed by atoms with van der Waals surface area (Å²) in [5.74, 6) is -0.0235. The minimum atomic E-state index is -4.57. The van der Waals surface area contributed by atoms with E-state index in [4.69, 9.17) is 0 Å². The van der Waals surface area contributed by atoms with Crippen molar-refractivity contribution in [2.45, 2.75) is 32.0 Å². The Hall–Kier alpha value is -1.42. The Labute approximate surface area is 123 Å². The van der Waals surface area contributed by atoms with Crippen molar-refractivity contribution in [2.75, 3.05) is 18.4 Å². The molecule has 2 unspecified atom stereocenters. The molecular weight excluding hydrogens is 309 g/mol. The Morgan fingerprint density at radius 2 is 2.24 bits per heavy atom. The number of hydrogen-bond donors (Lipinski definition) is 2. The molecule has 1 aliphatic rings. The lowest BCUT2D eigenvalue weighted by Gasteiger charge is -2.33. The molecule has 1 saturated heterocycles. The lowest BCUT2D eigenvalue weighted by Crippen LogP contribution is -2.44. The van der Waals surface area contributed by atoms with Gasteiger partial charge in [0, 0.05) is 19.0 Å². The first-order chi connectivity index (χ1) is 9.77. The zero-order valence-electron chi connectivity index (χ0n) is 11.2. The molecule has 1 fully saturated rings. The van der Waals surface area contributed by atoms with Gasteiger partial charge in [-0.1, -0.05) is 11.3 Å². The molecular formula is C11H15F3N4O2S. The van der Waals surface area contributed by atoms with Gasteiger partial charge in [-0.3, -0.25) is 5.32 Å². The van der Waals surface area contributed by atoms with Crippen molar-refractivity contribution in [3.8, 4) is 0 Å². The van der Waals surface area contributed by atoms with E-state index >= 15 is 0 Å². The van der Waals surface area contributed by atoms with E-state index in [-0.39, 0.29) is 22.4 Å². The quantitative estimate of drug-likeness (QED) is 0.874. The molecule has 0 spiro atoms. The number of aliphatic hydroxyl groups is 1. The number of carbonyl (C=O) groups is 1. The van der Waals surface area contributed by atoms with Crippen molar-refractivity contribution in [3.05, 3.63) is 5.01 Å². The summed E-state index contributed by atoms with van der Waals surface area (Å²) in [7, 11) is 0. The number of alkyl halides is 3. The van der Waals surface area contributed by atoms with Crippen LogP contribution in [-0.4, -0.2) is 45.4 Å². The Kier molecular flexibility index (Phi) is 4.67. The van der Waals surface area contributed by atoms with Gasteiger partial charge in [0.05, 0.1) is 6.10 Å². The number of amides is 2. The predicted octanol–water partition coefficient (Wildman–Crippen LogP) is 2.18. The van der Waals surface area contributed by atoms with Gasteiger partial charge in [-0.05, 0) is 19.8 Å². The third-order valence-electron chi connectivity index (χ3n) is 3.31. The zero-order valence-corrected chi connectivity index (χ0v) is 12.0. The van der Waals surface area contributed by atoms with Crippen molar-refractivity contribution >= 4 is 22.5 Å². The highest BCUT2D eigenvalue weighted by Crippen LogP contribution is 2.33. The number of nitrogens with zero attached hydrogens (tertiary/aromatic N) is 3. The molecule has 0 saturated carbocycles. The van der Waals surface area contributed by atoms with E-state index in [2.05, 4.69) is 15.5 Å². The molecule has 1 aromatic heterocycles. The minimum Gasteiger partial charge on any atom is -0.393 e. The van der Waals surface area contributed by atoms with Crippen molar-refractivity contribution in [2.24, 2.45) is 5.92 Å². The molecule has 1 aromatic rings. The van der Waals surface area contributed by atoms with Crippen LogP contribution in [-0.2, 0) is 6.18 Å². The predicted molar refractivity (Wildman–Crippen MR) is 69.9 cm³/mol. The van der Waals surface area contributed by atoms with Gasteiger partial charge < -0.3 is 10.0 Å². The third-order valence-corrected chi connectivity index (χ3v) is 4.19. The molecule has 1 aliphatic heterocycles. The maximum Gasteiger partial charge on any atom is 0.445 e. The fourth-order valence-electron chi connectivity index (χ4n) is 2.15. The van der Waals surface area contributed by atoms with Crippen LogP contribution in [0.25, 0.3) is 0 Å². The molecule has 0 aromatic carbocycles. The highest BCUT2D eigenvalue weighted by Gasteiger charge is 2.36. The third kappa shape index (κ3) is 4.03. The van der Waals surface area contributed by atoms with Gasteiger partial charge in [-0.25, -0.2) is 4.79 Å². The first-order valence-electron chi connectivity index (χ1n) is 6.42. The SMILES string of the molecule is CC(O)C1CCCN(C(=O)Nc2nnc(C(F)(F)F)s2)C1. The molecule has 2 atom stereocenters. The minimum absolute atomic E-state index is 0.0235. The topological polar surface area (TPSA) is 78.4 Å². The number of urea groups is 1. The first-order valence-corrected chi connectivity index (χ1v) is 7.23. The van der Waals surface area contributed by atoms with Crippen LogP contribution in [0.5, 0.6) is 0 Å². The number of hydrogen-bond acceptors (Lipinski definition) is 5. The maximum atomic E-state index is 12.4. The van der Waals surface area contributed by atoms with Crippen LogP contribution in [0.2, 0.25) is 0 Å². The van der Waals surface area contributed by atoms with Gasteiger partial charge in [0.25, 0.3) is 0 Å². The second-order valence-electron chi connectivity index (χ2n) is 4.93. The van der Waals surface area contributed by atoms with Crippen LogP contribution in [0.15, 0.2) is 0 Å². The van der Waals surface area contributed by atoms with E-state index in [1.807, 2.05) is 0 Å². The summed E-state index contributed by atoms with van der Waals surface area (Å²) in [6.45, 7) is 2.53. The lowest BCUT2D eigenvalue weighted by atomic mass is 9.94. The van der Waals surface area contributed by atoms with Crippen LogP contribution in [0, 0.1) is 5.92 Å². The largest absolute Gasteiger partial charge is 0.445 e. The summed E-state index contributed by atoms with van der Waals surface area (Å²) < 4.78 is 37.2. The average Bonchev–Trinajstić information content (AvgIpc) is 2.87. The molecule has 2 N–H and O–H groups in total. The summed E-state index contributed by atoms with van der Waals surface area (Å²) in [5, 5.41) is 16.9. The van der Waals surface area contributed by atoms with Crippen molar-refractivity contribution in [3.63, 3.8) is 0 Å². The summed E-state index contributed by atoms with van der Waals surface area (Å²) in [4.78, 5) is 13.5. The highest BCUT2D eigenvalue weighted by atomic mass is 32.1. The molecule has 0 radical (unpaired) electrons. The molecule has 2 amide bonds. The summed E-state index contributed by atoms with van der Waals surface area (Å²) in [5.41, 5.74) is 0. The van der Waals surface area contributed by atoms with E-state index < -0.39 is 23.3 Å². The van der Waals surface area contributed by atoms with E-state index in [0.29, 0.717) is 13.1 Å². The smallest absolute Gasteiger partial charge is 0.393 e. The van der Waals surface area contributed by atoms with Crippen LogP contribution < -0.4 is 5.32 Å². The Balaban J connectivity index is 1.96. The van der Waals surface area contributed by atoms with Gasteiger partial charge in [-0.2, -0.15) is 13.2 Å². The van der Waals surface area contributed by atoms with Gasteiger partial charge in [-0.15, -0.1) is 10.2 Å². The fraction of sp³-hybridized carbons (Fsp3) is 0.727. The average molecular weight is 324 g/mol. The summed E-state index contributed by atoms with van der Waals surface area (Å²) in [6, 6.07) is -0.523. The number of aromatic nitrogens is 2. The van der Waals surface area contributed by atoms with Crippen LogP contribution in [0.1, 0.15) is 24.8 Å². The fourth-order valence-corrected chi connectivity index (χ4v) is 2.75. The number of carbonyl (C=O) groups excluding carboxylic acids is 1. The van der Waals surface area contributed by atoms with Crippen LogP contribution >= 0.6 is 11.3 Å². The van der Waals surface area contributed by atoms with Crippen molar-refractivity contribution in [1.29, 1.82) is 0 Å². The number of likely N-dealkylation sites (tertiary alicyclic amines) is 1. The molecule has 0 bridgehead atoms. The lowest BCUT2D eigenvalue weighted by molar-refractivity contribution is -0.138. The van der Waals surface area contributed by atoms with E-state index in [1.54, 1.807) is 6.92 Å². The number of halogens is 3. The Morgan fingerprint density at radius 3 is 2.81 bits per heavy atom. The van der Waals surface area contributed by atoms with Gasteiger partial charge in [0.15, 0.2) is 0 Å². The van der Waals surface area contributed by atoms with Gasteiger partial charge in [0.1, 0.15) is 0 Å². The van der Waals surface area contributed by atoms with Crippen molar-refractivity contribution < 1.29 is 23.1 Å². The van der Waals surface area contributed by atoms with Crippen molar-refractivity contribution in [1.82, 2.24) is 15.1 Å². The number of nitrogens with one attached hydrogen (secondary N) is 1. The van der Waals surface area contributed by atoms with Gasteiger partial charge in [0.2, 0.25) is 10.1 Å². The molecule has 0 aliphatic carbocycles. The normalized spacial score (nSPS) is 21.2. The second kappa shape index (κ2) is 6.14. The number of anilines is 1. The first kappa shape index (κ1) is 16.0. The monoisotopic (exact) mass is 324 g/mol. The van der Waals surface area contributed by atoms with Crippen LogP contribution in [0.3, 0.4) is 0 Å². The maximum absolute atomic E-state index is 12.4. The Morgan fingerprint density at radius 1 is 1.52 bits per heavy atom. The van der Waals surface area contributed by atoms with E-state index in [0.717, 1.165) is 12.8 Å². The zero-order chi connectivity index (χ0) is 15.6. The van der Waals surface area contributed by atoms with E-state index in [9.17, 15) is 23.1 Å². The highest BCUT2D eigenvalue weighted by molar-refractivity contribution is 7.15. The molecule has 2 rings (SSSR count). The second-order valence-corrected chi connectivity index (χ2v) is 5.91. The van der Waals surface area contributed by atoms with Crippen LogP contribution in [0.4, 0.5) is 23.1 Å². The summed E-state index contributed by atoms with van der Waals surface area (Å²) >= 11 is 0.284. The number of piperidine rings is 1. The molecule has 118 valence electrons. The molecule has 21 heavy (non-hydrogen) atoms. The summed E-state index contributed by atoms with van der Waals surface area (Å²) in [6.07, 6.45) is -3.53. The molecule has 6 nitrogen and oxygen atoms in total. The van der Waals surface area contributed by atoms with Gasteiger partial charge >= 0.3 is 12.2 Å². The number of aliphatic hydroxyl groups excluding tert-OH is 1.